The molecule has 1 N–H and O–H groups in total. The van der Waals surface area contributed by atoms with E-state index >= 15 is 0 Å². The molecular weight excluding hydrogens is 204 g/mol. The Labute approximate surface area is 94.1 Å². The molecule has 2 atom stereocenters. The smallest absolute Gasteiger partial charge is 0.260 e. The molecule has 2 rings (SSSR count). The molecule has 1 aliphatic heterocycles. The van der Waals surface area contributed by atoms with E-state index in [1.54, 1.807) is 0 Å². The van der Waals surface area contributed by atoms with Crippen LogP contribution in [0.25, 0.3) is 0 Å². The summed E-state index contributed by atoms with van der Waals surface area (Å²) in [6.07, 6.45) is 8.89. The summed E-state index contributed by atoms with van der Waals surface area (Å²) in [7, 11) is 0. The number of nitrogens with zero attached hydrogens (tertiary/aromatic N) is 1. The minimum atomic E-state index is -0.656. The molecule has 16 heavy (non-hydrogen) atoms. The zero-order valence-electron chi connectivity index (χ0n) is 9.14. The molecule has 4 heteroatoms. The van der Waals surface area contributed by atoms with Gasteiger partial charge in [0, 0.05) is 5.92 Å². The number of carbonyl (C=O) groups excluding carboxylic acids is 2. The summed E-state index contributed by atoms with van der Waals surface area (Å²) < 4.78 is 0. The third kappa shape index (κ3) is 1.96. The van der Waals surface area contributed by atoms with Gasteiger partial charge in [-0.05, 0) is 12.8 Å². The molecule has 0 fully saturated rings. The summed E-state index contributed by atoms with van der Waals surface area (Å²) in [5.74, 6) is -1.29. The molecule has 0 saturated heterocycles. The van der Waals surface area contributed by atoms with E-state index in [1.807, 2.05) is 18.2 Å². The molecular formula is C12H14N2O2. The van der Waals surface area contributed by atoms with Crippen molar-refractivity contribution in [2.24, 2.45) is 16.8 Å². The first-order chi connectivity index (χ1) is 7.72. The van der Waals surface area contributed by atoms with Crippen LogP contribution in [-0.2, 0) is 9.59 Å². The molecule has 0 aromatic heterocycles. The van der Waals surface area contributed by atoms with Gasteiger partial charge in [0.2, 0.25) is 5.91 Å². The first-order valence-electron chi connectivity index (χ1n) is 5.46. The first-order valence-corrected chi connectivity index (χ1v) is 5.46. The van der Waals surface area contributed by atoms with Gasteiger partial charge in [0.05, 0.1) is 6.34 Å². The summed E-state index contributed by atoms with van der Waals surface area (Å²) in [6.45, 7) is 2.06. The average molecular weight is 218 g/mol. The van der Waals surface area contributed by atoms with E-state index in [1.165, 1.54) is 11.9 Å². The van der Waals surface area contributed by atoms with Crippen molar-refractivity contribution in [1.82, 2.24) is 5.32 Å². The van der Waals surface area contributed by atoms with Crippen molar-refractivity contribution in [2.75, 3.05) is 0 Å². The zero-order valence-corrected chi connectivity index (χ0v) is 9.14. The Kier molecular flexibility index (Phi) is 2.99. The molecule has 0 spiro atoms. The van der Waals surface area contributed by atoms with E-state index in [-0.39, 0.29) is 17.7 Å². The number of allylic oxidation sites excluding steroid dienone is 4. The number of hydrogen-bond donors (Lipinski definition) is 1. The van der Waals surface area contributed by atoms with Gasteiger partial charge in [-0.1, -0.05) is 30.7 Å². The van der Waals surface area contributed by atoms with Crippen LogP contribution in [0.1, 0.15) is 19.8 Å². The van der Waals surface area contributed by atoms with E-state index in [4.69, 9.17) is 0 Å². The Morgan fingerprint density at radius 3 is 3.00 bits per heavy atom. The zero-order chi connectivity index (χ0) is 11.5. The highest BCUT2D eigenvalue weighted by Crippen LogP contribution is 2.27. The number of rotatable bonds is 2. The lowest BCUT2D eigenvalue weighted by molar-refractivity contribution is -0.134. The number of amides is 2. The van der Waals surface area contributed by atoms with Crippen molar-refractivity contribution >= 4 is 18.2 Å². The maximum Gasteiger partial charge on any atom is 0.260 e. The molecule has 1 aliphatic carbocycles. The lowest BCUT2D eigenvalue weighted by Crippen LogP contribution is -2.42. The van der Waals surface area contributed by atoms with Gasteiger partial charge in [-0.2, -0.15) is 0 Å². The minimum Gasteiger partial charge on any atom is -0.316 e. The van der Waals surface area contributed by atoms with E-state index in [2.05, 4.69) is 17.2 Å². The van der Waals surface area contributed by atoms with Crippen LogP contribution >= 0.6 is 0 Å². The van der Waals surface area contributed by atoms with E-state index in [9.17, 15) is 9.59 Å². The number of carbonyl (C=O) groups is 2. The second-order valence-electron chi connectivity index (χ2n) is 3.98. The SMILES string of the molecule is CCC1=CC(C2C(=O)N=CNC2=O)CC=C1. The van der Waals surface area contributed by atoms with E-state index < -0.39 is 5.92 Å². The van der Waals surface area contributed by atoms with E-state index in [0.717, 1.165) is 12.8 Å². The lowest BCUT2D eigenvalue weighted by atomic mass is 9.83. The fourth-order valence-electron chi connectivity index (χ4n) is 2.06. The molecule has 4 nitrogen and oxygen atoms in total. The summed E-state index contributed by atoms with van der Waals surface area (Å²) in [5.41, 5.74) is 1.17. The van der Waals surface area contributed by atoms with E-state index in [0.29, 0.717) is 0 Å². The highest BCUT2D eigenvalue weighted by atomic mass is 16.2. The Bertz CT molecular complexity index is 407. The summed E-state index contributed by atoms with van der Waals surface area (Å²) in [4.78, 5) is 26.8. The van der Waals surface area contributed by atoms with Gasteiger partial charge in [0.1, 0.15) is 5.92 Å². The van der Waals surface area contributed by atoms with Gasteiger partial charge in [-0.15, -0.1) is 0 Å². The van der Waals surface area contributed by atoms with Crippen LogP contribution in [-0.4, -0.2) is 18.2 Å². The van der Waals surface area contributed by atoms with Crippen molar-refractivity contribution in [3.8, 4) is 0 Å². The van der Waals surface area contributed by atoms with Crippen LogP contribution in [0.4, 0.5) is 0 Å². The topological polar surface area (TPSA) is 58.5 Å². The highest BCUT2D eigenvalue weighted by Gasteiger charge is 2.35. The van der Waals surface area contributed by atoms with Crippen molar-refractivity contribution < 1.29 is 9.59 Å². The first kappa shape index (κ1) is 10.8. The lowest BCUT2D eigenvalue weighted by Gasteiger charge is -2.24. The largest absolute Gasteiger partial charge is 0.316 e. The maximum atomic E-state index is 11.6. The van der Waals surface area contributed by atoms with Crippen LogP contribution in [0.15, 0.2) is 28.8 Å². The third-order valence-electron chi connectivity index (χ3n) is 2.95. The van der Waals surface area contributed by atoms with Gasteiger partial charge >= 0.3 is 0 Å². The molecule has 84 valence electrons. The van der Waals surface area contributed by atoms with Gasteiger partial charge in [-0.25, -0.2) is 4.99 Å². The monoisotopic (exact) mass is 218 g/mol. The molecule has 2 amide bonds. The predicted octanol–water partition coefficient (Wildman–Crippen LogP) is 1.20. The third-order valence-corrected chi connectivity index (χ3v) is 2.95. The van der Waals surface area contributed by atoms with Crippen LogP contribution in [0.5, 0.6) is 0 Å². The van der Waals surface area contributed by atoms with Crippen molar-refractivity contribution in [1.29, 1.82) is 0 Å². The standard InChI is InChI=1S/C12H14N2O2/c1-2-8-4-3-5-9(6-8)10-11(15)13-7-14-12(10)16/h3-4,6-7,9-10H,2,5H2,1H3,(H,13,14,15,16). The summed E-state index contributed by atoms with van der Waals surface area (Å²) >= 11 is 0. The highest BCUT2D eigenvalue weighted by molar-refractivity contribution is 6.10. The van der Waals surface area contributed by atoms with Gasteiger partial charge in [0.25, 0.3) is 5.91 Å². The average Bonchev–Trinajstić information content (AvgIpc) is 2.29. The summed E-state index contributed by atoms with van der Waals surface area (Å²) in [6, 6.07) is 0. The second-order valence-corrected chi connectivity index (χ2v) is 3.98. The molecule has 2 aliphatic rings. The van der Waals surface area contributed by atoms with Crippen molar-refractivity contribution in [2.45, 2.75) is 19.8 Å². The van der Waals surface area contributed by atoms with Gasteiger partial charge in [-0.3, -0.25) is 9.59 Å². The van der Waals surface area contributed by atoms with Crippen LogP contribution in [0.2, 0.25) is 0 Å². The molecule has 0 radical (unpaired) electrons. The molecule has 1 heterocycles. The molecule has 0 aromatic carbocycles. The normalized spacial score (nSPS) is 28.9. The minimum absolute atomic E-state index is 0.0510. The number of nitrogens with one attached hydrogen (secondary N) is 1. The van der Waals surface area contributed by atoms with Gasteiger partial charge < -0.3 is 5.32 Å². The Balaban J connectivity index is 2.22. The molecule has 0 saturated carbocycles. The van der Waals surface area contributed by atoms with Crippen molar-refractivity contribution in [3.05, 3.63) is 23.8 Å². The maximum absolute atomic E-state index is 11.6. The number of aliphatic imine (C=N–C) groups is 1. The fraction of sp³-hybridized carbons (Fsp3) is 0.417. The Morgan fingerprint density at radius 2 is 2.31 bits per heavy atom. The van der Waals surface area contributed by atoms with Crippen LogP contribution < -0.4 is 5.32 Å². The number of hydrogen-bond acceptors (Lipinski definition) is 2. The van der Waals surface area contributed by atoms with Gasteiger partial charge in [0.15, 0.2) is 0 Å². The predicted molar refractivity (Wildman–Crippen MR) is 60.8 cm³/mol. The quantitative estimate of drug-likeness (QED) is 0.708. The molecule has 0 bridgehead atoms. The Hall–Kier alpha value is -1.71. The Morgan fingerprint density at radius 1 is 1.50 bits per heavy atom. The molecule has 2 unspecified atom stereocenters. The summed E-state index contributed by atoms with van der Waals surface area (Å²) in [5, 5.41) is 2.49. The fourth-order valence-corrected chi connectivity index (χ4v) is 2.06. The molecule has 0 aromatic rings. The second kappa shape index (κ2) is 4.43. The van der Waals surface area contributed by atoms with Crippen LogP contribution in [0.3, 0.4) is 0 Å². The van der Waals surface area contributed by atoms with Crippen LogP contribution in [0, 0.1) is 11.8 Å². The van der Waals surface area contributed by atoms with Crippen molar-refractivity contribution in [3.63, 3.8) is 0 Å².